The van der Waals surface area contributed by atoms with E-state index in [0.717, 1.165) is 28.3 Å². The van der Waals surface area contributed by atoms with E-state index in [1.54, 1.807) is 31.5 Å². The highest BCUT2D eigenvalue weighted by molar-refractivity contribution is 7.80. The van der Waals surface area contributed by atoms with E-state index in [1.165, 1.54) is 6.92 Å². The first-order chi connectivity index (χ1) is 19.2. The monoisotopic (exact) mass is 555 g/mol. The first-order valence-corrected chi connectivity index (χ1v) is 13.1. The van der Waals surface area contributed by atoms with Gasteiger partial charge in [0, 0.05) is 30.2 Å². The number of anilines is 2. The van der Waals surface area contributed by atoms with Crippen LogP contribution in [0.5, 0.6) is 5.75 Å². The van der Waals surface area contributed by atoms with Gasteiger partial charge in [-0.25, -0.2) is 4.79 Å². The Morgan fingerprint density at radius 1 is 1.07 bits per heavy atom. The lowest BCUT2D eigenvalue weighted by atomic mass is 9.96. The molecule has 204 valence electrons. The fourth-order valence-corrected chi connectivity index (χ4v) is 5.74. The number of methoxy groups -OCH3 is 1. The molecule has 2 aromatic heterocycles. The molecule has 4 aromatic rings. The highest BCUT2D eigenvalue weighted by Crippen LogP contribution is 2.45. The molecule has 3 heterocycles. The van der Waals surface area contributed by atoms with Crippen molar-refractivity contribution in [1.82, 2.24) is 14.9 Å². The molecule has 1 amide bonds. The molecule has 1 fully saturated rings. The maximum atomic E-state index is 12.1. The van der Waals surface area contributed by atoms with Crippen molar-refractivity contribution in [3.05, 3.63) is 101 Å². The summed E-state index contributed by atoms with van der Waals surface area (Å²) in [5.41, 5.74) is 5.60. The Kier molecular flexibility index (Phi) is 7.27. The Hall–Kier alpha value is -4.70. The van der Waals surface area contributed by atoms with E-state index in [4.69, 9.17) is 17.0 Å². The summed E-state index contributed by atoms with van der Waals surface area (Å²) in [6, 6.07) is 19.7. The number of nitrogens with zero attached hydrogens (tertiary/aromatic N) is 3. The summed E-state index contributed by atoms with van der Waals surface area (Å²) in [4.78, 5) is 30.6. The van der Waals surface area contributed by atoms with Crippen LogP contribution in [0.15, 0.2) is 72.9 Å². The van der Waals surface area contributed by atoms with Crippen LogP contribution in [-0.4, -0.2) is 38.8 Å². The van der Waals surface area contributed by atoms with Gasteiger partial charge in [0.15, 0.2) is 5.11 Å². The third-order valence-corrected chi connectivity index (χ3v) is 7.35. The number of aromatic carboxylic acids is 1. The molecule has 1 aliphatic heterocycles. The van der Waals surface area contributed by atoms with Crippen molar-refractivity contribution in [3.63, 3.8) is 0 Å². The Morgan fingerprint density at radius 2 is 1.82 bits per heavy atom. The number of benzene rings is 2. The largest absolute Gasteiger partial charge is 0.495 e. The van der Waals surface area contributed by atoms with Gasteiger partial charge < -0.3 is 29.9 Å². The first-order valence-electron chi connectivity index (χ1n) is 12.7. The van der Waals surface area contributed by atoms with Gasteiger partial charge >= 0.3 is 5.97 Å². The third-order valence-electron chi connectivity index (χ3n) is 7.03. The zero-order valence-corrected chi connectivity index (χ0v) is 23.3. The van der Waals surface area contributed by atoms with Gasteiger partial charge in [0.1, 0.15) is 5.75 Å². The molecule has 0 unspecified atom stereocenters. The number of rotatable bonds is 7. The van der Waals surface area contributed by atoms with Gasteiger partial charge in [0.25, 0.3) is 0 Å². The molecule has 9 nitrogen and oxygen atoms in total. The van der Waals surface area contributed by atoms with Crippen LogP contribution >= 0.6 is 12.2 Å². The highest BCUT2D eigenvalue weighted by atomic mass is 32.1. The van der Waals surface area contributed by atoms with Crippen molar-refractivity contribution in [3.8, 4) is 11.4 Å². The second kappa shape index (κ2) is 10.8. The molecule has 0 saturated carbocycles. The van der Waals surface area contributed by atoms with Gasteiger partial charge in [0.2, 0.25) is 5.91 Å². The first kappa shape index (κ1) is 26.9. The van der Waals surface area contributed by atoms with Crippen molar-refractivity contribution in [2.24, 2.45) is 0 Å². The number of thiocarbonyl (C=S) groups is 1. The number of pyridine rings is 1. The summed E-state index contributed by atoms with van der Waals surface area (Å²) in [6.45, 7) is 5.38. The number of ether oxygens (including phenoxy) is 1. The Balaban J connectivity index is 1.70. The zero-order chi connectivity index (χ0) is 28.6. The highest BCUT2D eigenvalue weighted by Gasteiger charge is 2.42. The molecule has 0 spiro atoms. The maximum absolute atomic E-state index is 12.1. The summed E-state index contributed by atoms with van der Waals surface area (Å²) in [5.74, 6) is -0.690. The van der Waals surface area contributed by atoms with E-state index < -0.39 is 5.97 Å². The normalized spacial score (nSPS) is 16.5. The van der Waals surface area contributed by atoms with Crippen LogP contribution in [0.25, 0.3) is 5.69 Å². The van der Waals surface area contributed by atoms with E-state index in [2.05, 4.69) is 21.7 Å². The summed E-state index contributed by atoms with van der Waals surface area (Å²) < 4.78 is 7.43. The molecule has 40 heavy (non-hydrogen) atoms. The van der Waals surface area contributed by atoms with Crippen LogP contribution in [0.3, 0.4) is 0 Å². The quantitative estimate of drug-likeness (QED) is 0.263. The second-order valence-electron chi connectivity index (χ2n) is 9.55. The number of carbonyl (C=O) groups is 2. The molecule has 0 radical (unpaired) electrons. The van der Waals surface area contributed by atoms with Gasteiger partial charge in [-0.1, -0.05) is 18.2 Å². The van der Waals surface area contributed by atoms with E-state index in [1.807, 2.05) is 65.8 Å². The lowest BCUT2D eigenvalue weighted by Gasteiger charge is -2.29. The summed E-state index contributed by atoms with van der Waals surface area (Å²) in [6.07, 6.45) is 1.74. The minimum atomic E-state index is -0.995. The lowest BCUT2D eigenvalue weighted by molar-refractivity contribution is -0.114. The number of carboxylic acids is 1. The predicted molar refractivity (Wildman–Crippen MR) is 157 cm³/mol. The maximum Gasteiger partial charge on any atom is 0.337 e. The molecule has 0 aliphatic carbocycles. The molecule has 5 rings (SSSR count). The average Bonchev–Trinajstić information content (AvgIpc) is 3.43. The molecule has 10 heteroatoms. The molecular formula is C30H29N5O4S. The fraction of sp³-hybridized carbons (Fsp3) is 0.200. The predicted octanol–water partition coefficient (Wildman–Crippen LogP) is 5.33. The van der Waals surface area contributed by atoms with Crippen LogP contribution in [0.1, 0.15) is 52.0 Å². The van der Waals surface area contributed by atoms with Crippen LogP contribution < -0.4 is 20.3 Å². The number of carbonyl (C=O) groups excluding carboxylic acids is 1. The fourth-order valence-electron chi connectivity index (χ4n) is 5.39. The van der Waals surface area contributed by atoms with Crippen LogP contribution in [-0.2, 0) is 4.79 Å². The Labute approximate surface area is 237 Å². The van der Waals surface area contributed by atoms with Gasteiger partial charge in [-0.3, -0.25) is 9.78 Å². The van der Waals surface area contributed by atoms with Crippen LogP contribution in [0.2, 0.25) is 0 Å². The molecule has 2 atom stereocenters. The van der Waals surface area contributed by atoms with Crippen LogP contribution in [0.4, 0.5) is 11.4 Å². The van der Waals surface area contributed by atoms with Gasteiger partial charge in [-0.15, -0.1) is 0 Å². The number of hydrogen-bond donors (Lipinski definition) is 3. The third kappa shape index (κ3) is 4.77. The van der Waals surface area contributed by atoms with Gasteiger partial charge in [-0.05, 0) is 80.2 Å². The molecule has 2 aromatic carbocycles. The van der Waals surface area contributed by atoms with E-state index in [9.17, 15) is 14.7 Å². The summed E-state index contributed by atoms with van der Waals surface area (Å²) in [7, 11) is 1.55. The topological polar surface area (TPSA) is 109 Å². The molecule has 0 bridgehead atoms. The van der Waals surface area contributed by atoms with Gasteiger partial charge in [-0.2, -0.15) is 0 Å². The molecular weight excluding hydrogens is 526 g/mol. The number of amides is 1. The number of nitrogens with one attached hydrogen (secondary N) is 2. The number of aryl methyl sites for hydroxylation is 1. The minimum Gasteiger partial charge on any atom is -0.495 e. The number of aromatic nitrogens is 2. The van der Waals surface area contributed by atoms with Crippen molar-refractivity contribution >= 4 is 40.6 Å². The average molecular weight is 556 g/mol. The van der Waals surface area contributed by atoms with Crippen molar-refractivity contribution in [1.29, 1.82) is 0 Å². The Morgan fingerprint density at radius 3 is 2.50 bits per heavy atom. The van der Waals surface area contributed by atoms with Crippen molar-refractivity contribution in [2.45, 2.75) is 32.9 Å². The number of hydrogen-bond acceptors (Lipinski definition) is 5. The number of para-hydroxylation sites is 1. The summed E-state index contributed by atoms with van der Waals surface area (Å²) >= 11 is 5.88. The van der Waals surface area contributed by atoms with E-state index in [-0.39, 0.29) is 23.6 Å². The summed E-state index contributed by atoms with van der Waals surface area (Å²) in [5, 5.41) is 16.7. The smallest absolute Gasteiger partial charge is 0.337 e. The van der Waals surface area contributed by atoms with Crippen molar-refractivity contribution < 1.29 is 19.4 Å². The van der Waals surface area contributed by atoms with Gasteiger partial charge in [0.05, 0.1) is 41.8 Å². The second-order valence-corrected chi connectivity index (χ2v) is 9.93. The van der Waals surface area contributed by atoms with Crippen LogP contribution in [0, 0.1) is 13.8 Å². The van der Waals surface area contributed by atoms with E-state index >= 15 is 0 Å². The van der Waals surface area contributed by atoms with E-state index in [0.29, 0.717) is 22.2 Å². The molecule has 3 N–H and O–H groups in total. The van der Waals surface area contributed by atoms with Crippen molar-refractivity contribution in [2.75, 3.05) is 17.3 Å². The number of carboxylic acid groups (broad SMARTS) is 1. The molecule has 1 aliphatic rings. The SMILES string of the molecule is COc1ccc(N2C(=S)N[C@@H](c3ccccn3)[C@@H]2c2cc(C)n(-c3ccccc3C(=O)O)c2C)cc1NC(C)=O. The molecule has 1 saturated heterocycles. The standard InChI is InChI=1S/C30H29N5O4S/c1-17-15-22(18(2)34(17)25-11-6-5-9-21(25)29(37)38)28-27(23-10-7-8-14-31-23)33-30(40)35(28)20-12-13-26(39-4)24(16-20)32-19(3)36/h5-16,27-28H,1-4H3,(H,32,36)(H,33,40)(H,37,38)/t27-,28-/m0/s1. The Bertz CT molecular complexity index is 1620. The zero-order valence-electron chi connectivity index (χ0n) is 22.5. The lowest BCUT2D eigenvalue weighted by Crippen LogP contribution is -2.29. The minimum absolute atomic E-state index is 0.212.